The Bertz CT molecular complexity index is 174. The van der Waals surface area contributed by atoms with Crippen LogP contribution in [0.5, 0.6) is 0 Å². The van der Waals surface area contributed by atoms with Gasteiger partial charge in [-0.05, 0) is 13.3 Å². The third-order valence-corrected chi connectivity index (χ3v) is 1.39. The van der Waals surface area contributed by atoms with Gasteiger partial charge < -0.3 is 5.11 Å². The van der Waals surface area contributed by atoms with Crippen LogP contribution in [0.15, 0.2) is 0 Å². The second-order valence-corrected chi connectivity index (χ2v) is 2.32. The Morgan fingerprint density at radius 2 is 2.36 bits per heavy atom. The van der Waals surface area contributed by atoms with Crippen LogP contribution in [0.3, 0.4) is 0 Å². The van der Waals surface area contributed by atoms with Gasteiger partial charge in [0.05, 0.1) is 12.1 Å². The SMILES string of the molecule is CCC(C#N)NC(C)C(=O)O. The number of nitriles is 1. The Morgan fingerprint density at radius 1 is 1.82 bits per heavy atom. The molecule has 11 heavy (non-hydrogen) atoms. The predicted molar refractivity (Wildman–Crippen MR) is 39.9 cm³/mol. The summed E-state index contributed by atoms with van der Waals surface area (Å²) in [6.45, 7) is 3.35. The molecule has 2 unspecified atom stereocenters. The summed E-state index contributed by atoms with van der Waals surface area (Å²) in [7, 11) is 0. The summed E-state index contributed by atoms with van der Waals surface area (Å²) in [6.07, 6.45) is 0.619. The van der Waals surface area contributed by atoms with Crippen LogP contribution in [0, 0.1) is 11.3 Å². The molecule has 0 aromatic carbocycles. The molecule has 0 fully saturated rings. The molecular weight excluding hydrogens is 144 g/mol. The largest absolute Gasteiger partial charge is 0.480 e. The Labute approximate surface area is 65.8 Å². The number of nitrogens with one attached hydrogen (secondary N) is 1. The summed E-state index contributed by atoms with van der Waals surface area (Å²) < 4.78 is 0. The summed E-state index contributed by atoms with van der Waals surface area (Å²) in [6, 6.07) is 0.950. The van der Waals surface area contributed by atoms with E-state index in [-0.39, 0.29) is 6.04 Å². The van der Waals surface area contributed by atoms with Gasteiger partial charge >= 0.3 is 5.97 Å². The highest BCUT2D eigenvalue weighted by atomic mass is 16.4. The normalized spacial score (nSPS) is 15.0. The van der Waals surface area contributed by atoms with Crippen molar-refractivity contribution in [1.29, 1.82) is 5.26 Å². The van der Waals surface area contributed by atoms with Gasteiger partial charge in [0.15, 0.2) is 0 Å². The van der Waals surface area contributed by atoms with Gasteiger partial charge in [-0.15, -0.1) is 0 Å². The van der Waals surface area contributed by atoms with Gasteiger partial charge in [-0.3, -0.25) is 10.1 Å². The van der Waals surface area contributed by atoms with Crippen LogP contribution >= 0.6 is 0 Å². The van der Waals surface area contributed by atoms with Crippen molar-refractivity contribution in [2.24, 2.45) is 0 Å². The first-order chi connectivity index (χ1) is 5.11. The van der Waals surface area contributed by atoms with Crippen molar-refractivity contribution in [2.45, 2.75) is 32.4 Å². The minimum absolute atomic E-state index is 0.360. The molecule has 0 aliphatic carbocycles. The fourth-order valence-corrected chi connectivity index (χ4v) is 0.619. The van der Waals surface area contributed by atoms with Gasteiger partial charge in [0, 0.05) is 0 Å². The number of rotatable bonds is 4. The fraction of sp³-hybridized carbons (Fsp3) is 0.714. The Hall–Kier alpha value is -1.08. The maximum atomic E-state index is 10.3. The van der Waals surface area contributed by atoms with E-state index in [0.717, 1.165) is 0 Å². The number of aliphatic carboxylic acids is 1. The van der Waals surface area contributed by atoms with Crippen molar-refractivity contribution in [3.05, 3.63) is 0 Å². The van der Waals surface area contributed by atoms with E-state index >= 15 is 0 Å². The number of hydrogen-bond donors (Lipinski definition) is 2. The predicted octanol–water partition coefficient (Wildman–Crippen LogP) is 0.351. The smallest absolute Gasteiger partial charge is 0.320 e. The minimum Gasteiger partial charge on any atom is -0.480 e. The monoisotopic (exact) mass is 156 g/mol. The molecule has 0 aromatic rings. The summed E-state index contributed by atoms with van der Waals surface area (Å²) in [4.78, 5) is 10.3. The lowest BCUT2D eigenvalue weighted by Gasteiger charge is -2.12. The van der Waals surface area contributed by atoms with Crippen LogP contribution in [-0.2, 0) is 4.79 Å². The summed E-state index contributed by atoms with van der Waals surface area (Å²) in [5, 5.41) is 19.6. The van der Waals surface area contributed by atoms with Crippen LogP contribution in [0.1, 0.15) is 20.3 Å². The molecular formula is C7H12N2O2. The van der Waals surface area contributed by atoms with Crippen LogP contribution in [0.4, 0.5) is 0 Å². The lowest BCUT2D eigenvalue weighted by molar-refractivity contribution is -0.139. The molecule has 0 radical (unpaired) electrons. The molecule has 0 spiro atoms. The van der Waals surface area contributed by atoms with Gasteiger partial charge in [-0.2, -0.15) is 5.26 Å². The molecule has 0 aromatic heterocycles. The second-order valence-electron chi connectivity index (χ2n) is 2.32. The van der Waals surface area contributed by atoms with Gasteiger partial charge in [-0.1, -0.05) is 6.92 Å². The van der Waals surface area contributed by atoms with Gasteiger partial charge in [-0.25, -0.2) is 0 Å². The maximum absolute atomic E-state index is 10.3. The summed E-state index contributed by atoms with van der Waals surface area (Å²) in [5.74, 6) is -0.932. The molecule has 0 rings (SSSR count). The van der Waals surface area contributed by atoms with E-state index in [4.69, 9.17) is 10.4 Å². The first kappa shape index (κ1) is 9.92. The first-order valence-electron chi connectivity index (χ1n) is 3.50. The topological polar surface area (TPSA) is 73.1 Å². The molecule has 62 valence electrons. The average molecular weight is 156 g/mol. The van der Waals surface area contributed by atoms with Crippen molar-refractivity contribution in [2.75, 3.05) is 0 Å². The zero-order valence-corrected chi connectivity index (χ0v) is 6.66. The van der Waals surface area contributed by atoms with E-state index in [0.29, 0.717) is 6.42 Å². The number of nitrogens with zero attached hydrogens (tertiary/aromatic N) is 1. The Balaban J connectivity index is 3.83. The van der Waals surface area contributed by atoms with Crippen molar-refractivity contribution in [3.8, 4) is 6.07 Å². The van der Waals surface area contributed by atoms with E-state index in [1.165, 1.54) is 6.92 Å². The number of hydrogen-bond acceptors (Lipinski definition) is 3. The fourth-order valence-electron chi connectivity index (χ4n) is 0.619. The zero-order valence-electron chi connectivity index (χ0n) is 6.66. The second kappa shape index (κ2) is 4.69. The number of carboxylic acids is 1. The summed E-state index contributed by atoms with van der Waals surface area (Å²) in [5.41, 5.74) is 0. The molecule has 0 saturated carbocycles. The molecule has 0 bridgehead atoms. The quantitative estimate of drug-likeness (QED) is 0.616. The molecule has 0 saturated heterocycles. The van der Waals surface area contributed by atoms with Crippen molar-refractivity contribution in [1.82, 2.24) is 5.32 Å². The van der Waals surface area contributed by atoms with Crippen molar-refractivity contribution < 1.29 is 9.90 Å². The molecule has 0 heterocycles. The van der Waals surface area contributed by atoms with Gasteiger partial charge in [0.2, 0.25) is 0 Å². The highest BCUT2D eigenvalue weighted by Crippen LogP contribution is 1.91. The molecule has 2 atom stereocenters. The molecule has 4 nitrogen and oxygen atoms in total. The van der Waals surface area contributed by atoms with Crippen molar-refractivity contribution >= 4 is 5.97 Å². The van der Waals surface area contributed by atoms with E-state index in [2.05, 4.69) is 5.32 Å². The third kappa shape index (κ3) is 3.58. The lowest BCUT2D eigenvalue weighted by atomic mass is 10.2. The molecule has 0 amide bonds. The average Bonchev–Trinajstić information content (AvgIpc) is 1.99. The number of carboxylic acid groups (broad SMARTS) is 1. The molecule has 4 heteroatoms. The highest BCUT2D eigenvalue weighted by Gasteiger charge is 2.14. The Morgan fingerprint density at radius 3 is 2.64 bits per heavy atom. The highest BCUT2D eigenvalue weighted by molar-refractivity contribution is 5.72. The van der Waals surface area contributed by atoms with E-state index in [1.807, 2.05) is 13.0 Å². The standard InChI is InChI=1S/C7H12N2O2/c1-3-6(4-8)9-5(2)7(10)11/h5-6,9H,3H2,1-2H3,(H,10,11). The zero-order chi connectivity index (χ0) is 8.85. The third-order valence-electron chi connectivity index (χ3n) is 1.39. The molecule has 0 aliphatic rings. The summed E-state index contributed by atoms with van der Waals surface area (Å²) >= 11 is 0. The van der Waals surface area contributed by atoms with Gasteiger partial charge in [0.25, 0.3) is 0 Å². The van der Waals surface area contributed by atoms with Crippen LogP contribution in [0.2, 0.25) is 0 Å². The lowest BCUT2D eigenvalue weighted by Crippen LogP contribution is -2.40. The molecule has 0 aliphatic heterocycles. The first-order valence-corrected chi connectivity index (χ1v) is 3.50. The van der Waals surface area contributed by atoms with E-state index in [1.54, 1.807) is 0 Å². The van der Waals surface area contributed by atoms with Crippen molar-refractivity contribution in [3.63, 3.8) is 0 Å². The number of carbonyl (C=O) groups is 1. The van der Waals surface area contributed by atoms with Crippen LogP contribution in [0.25, 0.3) is 0 Å². The van der Waals surface area contributed by atoms with Crippen LogP contribution in [-0.4, -0.2) is 23.2 Å². The van der Waals surface area contributed by atoms with E-state index < -0.39 is 12.0 Å². The Kier molecular flexibility index (Phi) is 4.23. The van der Waals surface area contributed by atoms with Crippen LogP contribution < -0.4 is 5.32 Å². The van der Waals surface area contributed by atoms with Gasteiger partial charge in [0.1, 0.15) is 6.04 Å². The maximum Gasteiger partial charge on any atom is 0.320 e. The van der Waals surface area contributed by atoms with E-state index in [9.17, 15) is 4.79 Å². The molecule has 2 N–H and O–H groups in total. The minimum atomic E-state index is -0.932.